The molecule has 0 N–H and O–H groups in total. The van der Waals surface area contributed by atoms with Gasteiger partial charge in [-0.25, -0.2) is 4.79 Å². The number of hydrogen-bond donors (Lipinski definition) is 0. The summed E-state index contributed by atoms with van der Waals surface area (Å²) < 4.78 is 4.70. The number of carbonyl (C=O) groups is 1. The molecule has 1 saturated carbocycles. The Labute approximate surface area is 112 Å². The van der Waals surface area contributed by atoms with Crippen molar-refractivity contribution in [3.63, 3.8) is 0 Å². The zero-order chi connectivity index (χ0) is 13.0. The van der Waals surface area contributed by atoms with Gasteiger partial charge in [0.25, 0.3) is 0 Å². The van der Waals surface area contributed by atoms with Crippen LogP contribution in [0.15, 0.2) is 29.2 Å². The summed E-state index contributed by atoms with van der Waals surface area (Å²) >= 11 is 1.79. The third-order valence-electron chi connectivity index (χ3n) is 3.14. The third kappa shape index (κ3) is 3.68. The van der Waals surface area contributed by atoms with Crippen LogP contribution in [0, 0.1) is 0 Å². The van der Waals surface area contributed by atoms with E-state index in [4.69, 9.17) is 4.74 Å². The number of rotatable bonds is 6. The normalized spacial score (nSPS) is 16.1. The zero-order valence-electron chi connectivity index (χ0n) is 10.9. The number of carbonyl (C=O) groups excluding carboxylic acids is 1. The van der Waals surface area contributed by atoms with Gasteiger partial charge < -0.3 is 4.74 Å². The van der Waals surface area contributed by atoms with Crippen LogP contribution < -0.4 is 0 Å². The van der Waals surface area contributed by atoms with Crippen LogP contribution in [0.4, 0.5) is 0 Å². The highest BCUT2D eigenvalue weighted by molar-refractivity contribution is 7.09. The van der Waals surface area contributed by atoms with Crippen LogP contribution in [0.25, 0.3) is 0 Å². The molecule has 1 fully saturated rings. The maximum atomic E-state index is 11.3. The van der Waals surface area contributed by atoms with Crippen molar-refractivity contribution < 1.29 is 9.53 Å². The van der Waals surface area contributed by atoms with E-state index >= 15 is 0 Å². The Bertz CT molecular complexity index is 421. The Morgan fingerprint density at radius 2 is 2.39 bits per heavy atom. The first-order valence-corrected chi connectivity index (χ1v) is 7.10. The first-order valence-electron chi connectivity index (χ1n) is 6.22. The minimum Gasteiger partial charge on any atom is -0.466 e. The Hall–Kier alpha value is -1.13. The van der Waals surface area contributed by atoms with E-state index in [1.807, 2.05) is 13.0 Å². The summed E-state index contributed by atoms with van der Waals surface area (Å²) in [5.41, 5.74) is 0.689. The molecule has 18 heavy (non-hydrogen) atoms. The fourth-order valence-corrected chi connectivity index (χ4v) is 2.61. The minimum absolute atomic E-state index is 0.234. The number of esters is 1. The van der Waals surface area contributed by atoms with E-state index in [2.05, 4.69) is 22.4 Å². The van der Waals surface area contributed by atoms with Crippen molar-refractivity contribution in [1.29, 1.82) is 0 Å². The van der Waals surface area contributed by atoms with E-state index in [0.29, 0.717) is 11.6 Å². The fourth-order valence-electron chi connectivity index (χ4n) is 1.88. The molecule has 1 aliphatic carbocycles. The molecule has 0 spiro atoms. The molecule has 0 radical (unpaired) electrons. The van der Waals surface area contributed by atoms with Crippen molar-refractivity contribution in [2.45, 2.75) is 32.4 Å². The third-order valence-corrected chi connectivity index (χ3v) is 4.00. The highest BCUT2D eigenvalue weighted by atomic mass is 32.1. The smallest absolute Gasteiger partial charge is 0.333 e. The molecular weight excluding hydrogens is 246 g/mol. The SMILES string of the molecule is COC(=O)C(C)=CCN(Cc1cccs1)C1CC1. The number of thiophene rings is 1. The highest BCUT2D eigenvalue weighted by Crippen LogP contribution is 2.29. The van der Waals surface area contributed by atoms with Crippen molar-refractivity contribution in [3.05, 3.63) is 34.0 Å². The van der Waals surface area contributed by atoms with Crippen molar-refractivity contribution in [2.75, 3.05) is 13.7 Å². The molecule has 1 aliphatic rings. The lowest BCUT2D eigenvalue weighted by Gasteiger charge is -2.19. The van der Waals surface area contributed by atoms with Gasteiger partial charge in [0, 0.05) is 29.6 Å². The maximum Gasteiger partial charge on any atom is 0.333 e. The molecule has 0 unspecified atom stereocenters. The number of nitrogens with zero attached hydrogens (tertiary/aromatic N) is 1. The van der Waals surface area contributed by atoms with E-state index in [-0.39, 0.29) is 5.97 Å². The maximum absolute atomic E-state index is 11.3. The van der Waals surface area contributed by atoms with Crippen molar-refractivity contribution in [1.82, 2.24) is 4.90 Å². The Morgan fingerprint density at radius 1 is 1.61 bits per heavy atom. The van der Waals surface area contributed by atoms with Crippen LogP contribution in [-0.4, -0.2) is 30.6 Å². The van der Waals surface area contributed by atoms with E-state index in [0.717, 1.165) is 13.1 Å². The van der Waals surface area contributed by atoms with Gasteiger partial charge in [-0.1, -0.05) is 12.1 Å². The fraction of sp³-hybridized carbons (Fsp3) is 0.500. The second-order valence-electron chi connectivity index (χ2n) is 4.62. The molecule has 0 aromatic carbocycles. The summed E-state index contributed by atoms with van der Waals surface area (Å²) in [7, 11) is 1.42. The molecule has 98 valence electrons. The molecule has 0 bridgehead atoms. The van der Waals surface area contributed by atoms with E-state index in [9.17, 15) is 4.79 Å². The first kappa shape index (κ1) is 13.3. The topological polar surface area (TPSA) is 29.5 Å². The van der Waals surface area contributed by atoms with Crippen LogP contribution in [0.5, 0.6) is 0 Å². The van der Waals surface area contributed by atoms with Crippen LogP contribution in [0.2, 0.25) is 0 Å². The largest absolute Gasteiger partial charge is 0.466 e. The molecule has 3 nitrogen and oxygen atoms in total. The van der Waals surface area contributed by atoms with Crippen molar-refractivity contribution in [3.8, 4) is 0 Å². The molecule has 1 aromatic heterocycles. The molecule has 0 amide bonds. The molecular formula is C14H19NO2S. The van der Waals surface area contributed by atoms with Gasteiger partial charge in [-0.05, 0) is 31.2 Å². The molecule has 0 saturated heterocycles. The predicted molar refractivity (Wildman–Crippen MR) is 73.5 cm³/mol. The van der Waals surface area contributed by atoms with Crippen molar-refractivity contribution >= 4 is 17.3 Å². The number of methoxy groups -OCH3 is 1. The van der Waals surface area contributed by atoms with Crippen LogP contribution >= 0.6 is 11.3 Å². The van der Waals surface area contributed by atoms with E-state index in [1.165, 1.54) is 24.8 Å². The van der Waals surface area contributed by atoms with Gasteiger partial charge in [-0.15, -0.1) is 11.3 Å². The summed E-state index contributed by atoms with van der Waals surface area (Å²) in [4.78, 5) is 15.1. The molecule has 4 heteroatoms. The van der Waals surface area contributed by atoms with Gasteiger partial charge in [-0.3, -0.25) is 4.90 Å². The summed E-state index contributed by atoms with van der Waals surface area (Å²) in [6, 6.07) is 4.94. The quantitative estimate of drug-likeness (QED) is 0.585. The number of ether oxygens (including phenoxy) is 1. The summed E-state index contributed by atoms with van der Waals surface area (Å²) in [5, 5.41) is 2.11. The Balaban J connectivity index is 1.92. The molecule has 1 heterocycles. The lowest BCUT2D eigenvalue weighted by Crippen LogP contribution is -2.25. The second-order valence-corrected chi connectivity index (χ2v) is 5.65. The highest BCUT2D eigenvalue weighted by Gasteiger charge is 2.28. The Kier molecular flexibility index (Phi) is 4.55. The number of hydrogen-bond acceptors (Lipinski definition) is 4. The first-order chi connectivity index (χ1) is 8.70. The standard InChI is InChI=1S/C14H19NO2S/c1-11(14(16)17-2)7-8-15(12-5-6-12)10-13-4-3-9-18-13/h3-4,7,9,12H,5-6,8,10H2,1-2H3. The van der Waals surface area contributed by atoms with Gasteiger partial charge >= 0.3 is 5.97 Å². The van der Waals surface area contributed by atoms with Crippen LogP contribution in [0.1, 0.15) is 24.6 Å². The average Bonchev–Trinajstić information content (AvgIpc) is 3.11. The van der Waals surface area contributed by atoms with Crippen LogP contribution in [0.3, 0.4) is 0 Å². The summed E-state index contributed by atoms with van der Waals surface area (Å²) in [5.74, 6) is -0.234. The lowest BCUT2D eigenvalue weighted by molar-refractivity contribution is -0.136. The van der Waals surface area contributed by atoms with Crippen molar-refractivity contribution in [2.24, 2.45) is 0 Å². The minimum atomic E-state index is -0.234. The lowest BCUT2D eigenvalue weighted by atomic mass is 10.2. The molecule has 1 aromatic rings. The monoisotopic (exact) mass is 265 g/mol. The summed E-state index contributed by atoms with van der Waals surface area (Å²) in [6.45, 7) is 3.61. The van der Waals surface area contributed by atoms with Gasteiger partial charge in [0.15, 0.2) is 0 Å². The van der Waals surface area contributed by atoms with Gasteiger partial charge in [0.2, 0.25) is 0 Å². The van der Waals surface area contributed by atoms with Gasteiger partial charge in [-0.2, -0.15) is 0 Å². The van der Waals surface area contributed by atoms with E-state index in [1.54, 1.807) is 11.3 Å². The van der Waals surface area contributed by atoms with Gasteiger partial charge in [0.1, 0.15) is 0 Å². The predicted octanol–water partition coefficient (Wildman–Crippen LogP) is 2.83. The Morgan fingerprint density at radius 3 is 2.94 bits per heavy atom. The average molecular weight is 265 g/mol. The molecule has 0 aliphatic heterocycles. The van der Waals surface area contributed by atoms with E-state index < -0.39 is 0 Å². The molecule has 0 atom stereocenters. The second kappa shape index (κ2) is 6.16. The summed E-state index contributed by atoms with van der Waals surface area (Å²) in [6.07, 6.45) is 4.52. The molecule has 2 rings (SSSR count). The zero-order valence-corrected chi connectivity index (χ0v) is 11.7. The van der Waals surface area contributed by atoms with Crippen LogP contribution in [-0.2, 0) is 16.1 Å². The van der Waals surface area contributed by atoms with Gasteiger partial charge in [0.05, 0.1) is 7.11 Å².